The third kappa shape index (κ3) is 7.57. The third-order valence-corrected chi connectivity index (χ3v) is 5.69. The second kappa shape index (κ2) is 12.5. The molecule has 0 aliphatic carbocycles. The minimum absolute atomic E-state index is 0.110. The highest BCUT2D eigenvalue weighted by atomic mass is 19.4. The highest BCUT2D eigenvalue weighted by Crippen LogP contribution is 2.40. The number of halogens is 12. The predicted molar refractivity (Wildman–Crippen MR) is 133 cm³/mol. The Balaban J connectivity index is 1.62. The van der Waals surface area contributed by atoms with Gasteiger partial charge in [0.25, 0.3) is 0 Å². The molecule has 0 unspecified atom stereocenters. The van der Waals surface area contributed by atoms with Gasteiger partial charge in [0.2, 0.25) is 5.75 Å². The first-order valence-corrected chi connectivity index (χ1v) is 12.2. The number of rotatable bonds is 7. The first kappa shape index (κ1) is 32.9. The average molecular weight is 650 g/mol. The fraction of sp³-hybridized carbons (Fsp3) is 0.133. The van der Waals surface area contributed by atoms with Crippen molar-refractivity contribution in [3.8, 4) is 40.2 Å². The average Bonchev–Trinajstić information content (AvgIpc) is 2.89. The first-order chi connectivity index (χ1) is 21.0. The van der Waals surface area contributed by atoms with Crippen molar-refractivity contribution in [1.29, 1.82) is 0 Å². The number of benzene rings is 4. The van der Waals surface area contributed by atoms with Gasteiger partial charge >= 0.3 is 12.5 Å². The molecule has 0 aliphatic heterocycles. The van der Waals surface area contributed by atoms with Crippen molar-refractivity contribution in [2.45, 2.75) is 19.4 Å². The molecule has 0 bridgehead atoms. The quantitative estimate of drug-likeness (QED) is 0.148. The zero-order valence-corrected chi connectivity index (χ0v) is 22.2. The molecule has 4 rings (SSSR count). The zero-order valence-electron chi connectivity index (χ0n) is 22.2. The second-order valence-corrected chi connectivity index (χ2v) is 8.84. The molecule has 0 N–H and O–H groups in total. The smallest absolute Gasteiger partial charge is 0.494 e. The molecule has 0 aliphatic rings. The maximum absolute atomic E-state index is 14.9. The van der Waals surface area contributed by atoms with Crippen LogP contribution < -0.4 is 14.2 Å². The lowest BCUT2D eigenvalue weighted by Gasteiger charge is -2.21. The summed E-state index contributed by atoms with van der Waals surface area (Å²) >= 11 is 0. The van der Waals surface area contributed by atoms with Gasteiger partial charge < -0.3 is 14.2 Å². The fourth-order valence-corrected chi connectivity index (χ4v) is 3.92. The van der Waals surface area contributed by atoms with Gasteiger partial charge in [-0.05, 0) is 48.9 Å². The van der Waals surface area contributed by atoms with E-state index in [0.29, 0.717) is 12.1 Å². The molecule has 4 aromatic carbocycles. The molecule has 15 heteroatoms. The van der Waals surface area contributed by atoms with Crippen molar-refractivity contribution in [2.75, 3.05) is 6.61 Å². The van der Waals surface area contributed by atoms with Gasteiger partial charge in [-0.2, -0.15) is 8.78 Å². The summed E-state index contributed by atoms with van der Waals surface area (Å²) in [5, 5.41) is 0. The Morgan fingerprint density at radius 3 is 1.67 bits per heavy atom. The van der Waals surface area contributed by atoms with Crippen LogP contribution in [0.15, 0.2) is 54.6 Å². The van der Waals surface area contributed by atoms with Gasteiger partial charge in [-0.1, -0.05) is 11.8 Å². The molecule has 0 atom stereocenters. The minimum atomic E-state index is -5.55. The summed E-state index contributed by atoms with van der Waals surface area (Å²) in [6, 6.07) is 4.86. The second-order valence-electron chi connectivity index (χ2n) is 8.84. The van der Waals surface area contributed by atoms with Gasteiger partial charge in [0.15, 0.2) is 11.6 Å². The Labute approximate surface area is 245 Å². The van der Waals surface area contributed by atoms with E-state index in [4.69, 9.17) is 4.74 Å². The van der Waals surface area contributed by atoms with E-state index in [1.807, 2.05) is 0 Å². The molecule has 45 heavy (non-hydrogen) atoms. The van der Waals surface area contributed by atoms with Crippen LogP contribution in [0.25, 0.3) is 11.1 Å². The summed E-state index contributed by atoms with van der Waals surface area (Å²) in [7, 11) is 0. The molecule has 3 nitrogen and oxygen atoms in total. The number of hydrogen-bond donors (Lipinski definition) is 0. The van der Waals surface area contributed by atoms with Crippen LogP contribution in [0.4, 0.5) is 52.7 Å². The van der Waals surface area contributed by atoms with E-state index in [9.17, 15) is 52.7 Å². The maximum atomic E-state index is 14.9. The molecule has 0 saturated heterocycles. The normalized spacial score (nSPS) is 11.6. The van der Waals surface area contributed by atoms with E-state index in [1.54, 1.807) is 6.92 Å². The van der Waals surface area contributed by atoms with Gasteiger partial charge in [0, 0.05) is 23.8 Å². The van der Waals surface area contributed by atoms with E-state index in [2.05, 4.69) is 21.3 Å². The van der Waals surface area contributed by atoms with Gasteiger partial charge in [-0.25, -0.2) is 30.7 Å². The van der Waals surface area contributed by atoms with Crippen LogP contribution in [0.3, 0.4) is 0 Å². The third-order valence-electron chi connectivity index (χ3n) is 5.69. The van der Waals surface area contributed by atoms with E-state index in [0.717, 1.165) is 6.07 Å². The van der Waals surface area contributed by atoms with Crippen molar-refractivity contribution in [3.63, 3.8) is 0 Å². The maximum Gasteiger partial charge on any atom is 0.573 e. The molecule has 0 heterocycles. The van der Waals surface area contributed by atoms with Gasteiger partial charge in [-0.3, -0.25) is 0 Å². The Bertz CT molecular complexity index is 1750. The van der Waals surface area contributed by atoms with Crippen LogP contribution >= 0.6 is 0 Å². The van der Waals surface area contributed by atoms with E-state index < -0.39 is 81.4 Å². The van der Waals surface area contributed by atoms with Crippen molar-refractivity contribution in [2.24, 2.45) is 0 Å². The molecular weight excluding hydrogens is 636 g/mol. The molecule has 0 aromatic heterocycles. The van der Waals surface area contributed by atoms with Crippen LogP contribution in [0.1, 0.15) is 23.6 Å². The van der Waals surface area contributed by atoms with Crippen molar-refractivity contribution >= 4 is 0 Å². The molecule has 0 saturated carbocycles. The largest absolute Gasteiger partial charge is 0.573 e. The van der Waals surface area contributed by atoms with Crippen LogP contribution in [0.2, 0.25) is 0 Å². The summed E-state index contributed by atoms with van der Waals surface area (Å²) in [5.41, 5.74) is -4.61. The lowest BCUT2D eigenvalue weighted by Crippen LogP contribution is -2.25. The van der Waals surface area contributed by atoms with Gasteiger partial charge in [-0.15, -0.1) is 13.2 Å². The predicted octanol–water partition coefficient (Wildman–Crippen LogP) is 9.15. The molecule has 4 aromatic rings. The summed E-state index contributed by atoms with van der Waals surface area (Å²) in [6.07, 6.45) is -10.6. The minimum Gasteiger partial charge on any atom is -0.494 e. The highest BCUT2D eigenvalue weighted by Gasteiger charge is 2.42. The molecule has 0 radical (unpaired) electrons. The van der Waals surface area contributed by atoms with Gasteiger partial charge in [0.05, 0.1) is 17.7 Å². The van der Waals surface area contributed by atoms with Gasteiger partial charge in [0.1, 0.15) is 46.1 Å². The molecule has 0 spiro atoms. The van der Waals surface area contributed by atoms with Crippen LogP contribution in [-0.2, 0) is 6.11 Å². The van der Waals surface area contributed by atoms with Crippen molar-refractivity contribution in [1.82, 2.24) is 0 Å². The van der Waals surface area contributed by atoms with Crippen molar-refractivity contribution < 1.29 is 66.9 Å². The fourth-order valence-electron chi connectivity index (χ4n) is 3.92. The summed E-state index contributed by atoms with van der Waals surface area (Å²) in [4.78, 5) is 0. The Morgan fingerprint density at radius 2 is 1.16 bits per heavy atom. The summed E-state index contributed by atoms with van der Waals surface area (Å²) in [5.74, 6) is -10.8. The van der Waals surface area contributed by atoms with E-state index >= 15 is 0 Å². The lowest BCUT2D eigenvalue weighted by molar-refractivity contribution is -0.276. The number of alkyl halides is 5. The van der Waals surface area contributed by atoms with Crippen molar-refractivity contribution in [3.05, 3.63) is 112 Å². The lowest BCUT2D eigenvalue weighted by atomic mass is 9.99. The summed E-state index contributed by atoms with van der Waals surface area (Å²) < 4.78 is 180. The van der Waals surface area contributed by atoms with E-state index in [-0.39, 0.29) is 47.7 Å². The monoisotopic (exact) mass is 650 g/mol. The topological polar surface area (TPSA) is 27.7 Å². The zero-order chi connectivity index (χ0) is 33.3. The Morgan fingerprint density at radius 1 is 0.600 bits per heavy atom. The Kier molecular flexibility index (Phi) is 9.17. The van der Waals surface area contributed by atoms with Crippen LogP contribution in [0, 0.1) is 52.6 Å². The highest BCUT2D eigenvalue weighted by molar-refractivity contribution is 5.67. The molecule has 0 amide bonds. The summed E-state index contributed by atoms with van der Waals surface area (Å²) in [6.45, 7) is 1.95. The van der Waals surface area contributed by atoms with Crippen LogP contribution in [0.5, 0.6) is 17.2 Å². The van der Waals surface area contributed by atoms with E-state index in [1.165, 1.54) is 12.1 Å². The van der Waals surface area contributed by atoms with Crippen LogP contribution in [-0.4, -0.2) is 13.0 Å². The SMILES string of the molecule is CCOc1ccc(C#Cc2cc(F)c(-c3cc(F)c(C(F)(F)Oc4cc(F)c(OC(F)(F)F)c(F)c4)c(F)c3)c(F)c2)c(F)c1. The first-order valence-electron chi connectivity index (χ1n) is 12.2. The Hall–Kier alpha value is -5.00. The molecular formula is C30H14F12O3. The molecule has 0 fully saturated rings. The molecule has 236 valence electrons. The number of hydrogen-bond acceptors (Lipinski definition) is 3. The standard InChI is InChI=1S/C30H14F12O3/c1-2-43-17-6-5-15(19(31)11-17)4-3-14-7-20(32)26(21(33)8-14)16-9-22(34)27(23(35)10-16)29(38,39)44-18-12-24(36)28(25(37)13-18)45-30(40,41)42/h5-13H,2H2,1H3. The number of ether oxygens (including phenoxy) is 3.